The zero-order valence-electron chi connectivity index (χ0n) is 16.7. The van der Waals surface area contributed by atoms with Gasteiger partial charge in [-0.3, -0.25) is 9.38 Å². The lowest BCUT2D eigenvalue weighted by molar-refractivity contribution is 0.419. The van der Waals surface area contributed by atoms with E-state index in [0.717, 1.165) is 44.6 Å². The number of halogens is 1. The van der Waals surface area contributed by atoms with Crippen LogP contribution in [0.5, 0.6) is 5.75 Å². The largest absolute Gasteiger partial charge is 0.494 e. The van der Waals surface area contributed by atoms with Gasteiger partial charge in [-0.05, 0) is 49.7 Å². The molecule has 0 radical (unpaired) electrons. The van der Waals surface area contributed by atoms with Crippen LogP contribution < -0.4 is 4.74 Å². The SMILES string of the molecule is COc1cc(-c2cccnc2)cc2c1nc(C)c1c(C)nc(-c3ccc(F)nc3)n12. The third-order valence-corrected chi connectivity index (χ3v) is 5.17. The third kappa shape index (κ3) is 2.78. The van der Waals surface area contributed by atoms with Gasteiger partial charge in [0.2, 0.25) is 5.95 Å². The molecule has 0 N–H and O–H groups in total. The maximum atomic E-state index is 13.4. The molecule has 0 aliphatic rings. The molecule has 0 amide bonds. The number of rotatable bonds is 3. The molecule has 0 bridgehead atoms. The summed E-state index contributed by atoms with van der Waals surface area (Å²) in [5.74, 6) is 0.807. The molecule has 7 heteroatoms. The van der Waals surface area contributed by atoms with Crippen LogP contribution in [-0.4, -0.2) is 31.4 Å². The lowest BCUT2D eigenvalue weighted by Gasteiger charge is -2.13. The topological polar surface area (TPSA) is 65.2 Å². The Morgan fingerprint density at radius 1 is 0.933 bits per heavy atom. The lowest BCUT2D eigenvalue weighted by Crippen LogP contribution is -2.00. The van der Waals surface area contributed by atoms with E-state index in [1.54, 1.807) is 19.4 Å². The molecule has 0 atom stereocenters. The fraction of sp³-hybridized carbons (Fsp3) is 0.130. The van der Waals surface area contributed by atoms with Crippen molar-refractivity contribution >= 4 is 16.6 Å². The first-order valence-corrected chi connectivity index (χ1v) is 9.46. The Balaban J connectivity index is 1.92. The lowest BCUT2D eigenvalue weighted by atomic mass is 10.1. The standard InChI is InChI=1S/C23H18FN5O/c1-13-22-14(2)28-23(16-6-7-20(24)26-12-16)29(22)18-9-17(15-5-4-8-25-11-15)10-19(30-3)21(18)27-13/h4-12H,1-3H3. The van der Waals surface area contributed by atoms with Crippen molar-refractivity contribution in [2.45, 2.75) is 13.8 Å². The number of methoxy groups -OCH3 is 1. The summed E-state index contributed by atoms with van der Waals surface area (Å²) in [4.78, 5) is 17.6. The van der Waals surface area contributed by atoms with Gasteiger partial charge in [0.15, 0.2) is 0 Å². The Bertz CT molecular complexity index is 1400. The average Bonchev–Trinajstić information content (AvgIpc) is 3.12. The fourth-order valence-corrected chi connectivity index (χ4v) is 3.84. The summed E-state index contributed by atoms with van der Waals surface area (Å²) in [6.45, 7) is 3.89. The number of aromatic nitrogens is 5. The van der Waals surface area contributed by atoms with E-state index in [0.29, 0.717) is 11.6 Å². The molecular formula is C23H18FN5O. The minimum absolute atomic E-state index is 0.528. The molecule has 0 saturated heterocycles. The van der Waals surface area contributed by atoms with Crippen molar-refractivity contribution in [1.29, 1.82) is 0 Å². The van der Waals surface area contributed by atoms with Gasteiger partial charge in [0, 0.05) is 29.7 Å². The predicted molar refractivity (Wildman–Crippen MR) is 113 cm³/mol. The highest BCUT2D eigenvalue weighted by atomic mass is 19.1. The van der Waals surface area contributed by atoms with Gasteiger partial charge in [0.1, 0.15) is 17.1 Å². The summed E-state index contributed by atoms with van der Waals surface area (Å²) >= 11 is 0. The third-order valence-electron chi connectivity index (χ3n) is 5.17. The van der Waals surface area contributed by atoms with Crippen molar-refractivity contribution in [2.24, 2.45) is 0 Å². The molecule has 6 nitrogen and oxygen atoms in total. The van der Waals surface area contributed by atoms with Crippen LogP contribution in [0.4, 0.5) is 4.39 Å². The summed E-state index contributed by atoms with van der Waals surface area (Å²) in [6, 6.07) is 10.9. The maximum Gasteiger partial charge on any atom is 0.212 e. The van der Waals surface area contributed by atoms with Crippen LogP contribution in [0.15, 0.2) is 55.0 Å². The minimum atomic E-state index is -0.528. The number of hydrogen-bond acceptors (Lipinski definition) is 5. The number of nitrogens with zero attached hydrogens (tertiary/aromatic N) is 5. The second kappa shape index (κ2) is 6.88. The summed E-state index contributed by atoms with van der Waals surface area (Å²) in [5.41, 5.74) is 6.79. The zero-order valence-corrected chi connectivity index (χ0v) is 16.7. The highest BCUT2D eigenvalue weighted by Gasteiger charge is 2.19. The number of hydrogen-bond donors (Lipinski definition) is 0. The minimum Gasteiger partial charge on any atom is -0.494 e. The molecule has 0 aliphatic heterocycles. The van der Waals surface area contributed by atoms with Crippen molar-refractivity contribution < 1.29 is 9.13 Å². The van der Waals surface area contributed by atoms with E-state index in [-0.39, 0.29) is 0 Å². The molecule has 0 spiro atoms. The molecule has 148 valence electrons. The molecule has 5 aromatic rings. The van der Waals surface area contributed by atoms with Gasteiger partial charge in [-0.1, -0.05) is 6.07 Å². The van der Waals surface area contributed by atoms with E-state index < -0.39 is 5.95 Å². The summed E-state index contributed by atoms with van der Waals surface area (Å²) in [7, 11) is 1.63. The average molecular weight is 399 g/mol. The number of aryl methyl sites for hydroxylation is 2. The van der Waals surface area contributed by atoms with Crippen molar-refractivity contribution in [2.75, 3.05) is 7.11 Å². The fourth-order valence-electron chi connectivity index (χ4n) is 3.84. The van der Waals surface area contributed by atoms with E-state index in [9.17, 15) is 4.39 Å². The van der Waals surface area contributed by atoms with E-state index in [2.05, 4.69) is 16.0 Å². The summed E-state index contributed by atoms with van der Waals surface area (Å²) in [6.07, 6.45) is 5.04. The Labute approximate surface area is 172 Å². The number of imidazole rings is 1. The monoisotopic (exact) mass is 399 g/mol. The van der Waals surface area contributed by atoms with E-state index in [1.165, 1.54) is 12.3 Å². The normalized spacial score (nSPS) is 11.3. The Hall–Kier alpha value is -3.87. The van der Waals surface area contributed by atoms with Crippen molar-refractivity contribution in [3.05, 3.63) is 72.3 Å². The van der Waals surface area contributed by atoms with E-state index in [1.807, 2.05) is 42.6 Å². The van der Waals surface area contributed by atoms with Gasteiger partial charge in [0.05, 0.1) is 29.5 Å². The van der Waals surface area contributed by atoms with E-state index in [4.69, 9.17) is 14.7 Å². The second-order valence-corrected chi connectivity index (χ2v) is 7.06. The summed E-state index contributed by atoms with van der Waals surface area (Å²) in [5, 5.41) is 0. The van der Waals surface area contributed by atoms with Gasteiger partial charge >= 0.3 is 0 Å². The molecule has 0 unspecified atom stereocenters. The second-order valence-electron chi connectivity index (χ2n) is 7.06. The van der Waals surface area contributed by atoms with Crippen LogP contribution in [0.2, 0.25) is 0 Å². The maximum absolute atomic E-state index is 13.4. The summed E-state index contributed by atoms with van der Waals surface area (Å²) < 4.78 is 21.1. The predicted octanol–water partition coefficient (Wildman–Crippen LogP) is 4.77. The highest BCUT2D eigenvalue weighted by molar-refractivity contribution is 5.91. The van der Waals surface area contributed by atoms with Crippen LogP contribution in [-0.2, 0) is 0 Å². The molecule has 5 rings (SSSR count). The molecule has 4 aromatic heterocycles. The van der Waals surface area contributed by atoms with Gasteiger partial charge in [0.25, 0.3) is 0 Å². The van der Waals surface area contributed by atoms with Crippen LogP contribution in [0.3, 0.4) is 0 Å². The molecule has 1 aromatic carbocycles. The first kappa shape index (κ1) is 18.2. The molecule has 0 saturated carbocycles. The molecule has 0 aliphatic carbocycles. The Morgan fingerprint density at radius 3 is 2.47 bits per heavy atom. The van der Waals surface area contributed by atoms with Crippen molar-refractivity contribution in [3.8, 4) is 28.3 Å². The van der Waals surface area contributed by atoms with Crippen LogP contribution in [0.25, 0.3) is 39.1 Å². The zero-order chi connectivity index (χ0) is 20.8. The number of ether oxygens (including phenoxy) is 1. The van der Waals surface area contributed by atoms with Gasteiger partial charge in [-0.2, -0.15) is 4.39 Å². The van der Waals surface area contributed by atoms with E-state index >= 15 is 0 Å². The van der Waals surface area contributed by atoms with Crippen molar-refractivity contribution in [1.82, 2.24) is 24.3 Å². The molecule has 4 heterocycles. The van der Waals surface area contributed by atoms with Gasteiger partial charge < -0.3 is 4.74 Å². The molecular weight excluding hydrogens is 381 g/mol. The number of pyridine rings is 2. The Kier molecular flexibility index (Phi) is 4.17. The number of benzene rings is 1. The van der Waals surface area contributed by atoms with Gasteiger partial charge in [-0.15, -0.1) is 0 Å². The first-order chi connectivity index (χ1) is 14.6. The number of fused-ring (bicyclic) bond motifs is 3. The van der Waals surface area contributed by atoms with Crippen molar-refractivity contribution in [3.63, 3.8) is 0 Å². The molecule has 30 heavy (non-hydrogen) atoms. The van der Waals surface area contributed by atoms with Crippen LogP contribution in [0.1, 0.15) is 11.4 Å². The highest BCUT2D eigenvalue weighted by Crippen LogP contribution is 2.35. The van der Waals surface area contributed by atoms with Gasteiger partial charge in [-0.25, -0.2) is 15.0 Å². The van der Waals surface area contributed by atoms with Crippen LogP contribution in [0, 0.1) is 19.8 Å². The quantitative estimate of drug-likeness (QED) is 0.409. The smallest absolute Gasteiger partial charge is 0.212 e. The first-order valence-electron chi connectivity index (χ1n) is 9.46. The van der Waals surface area contributed by atoms with Crippen LogP contribution >= 0.6 is 0 Å². The Morgan fingerprint density at radius 2 is 1.77 bits per heavy atom. The molecule has 0 fully saturated rings.